The molecule has 2 saturated heterocycles. The summed E-state index contributed by atoms with van der Waals surface area (Å²) >= 11 is 0. The minimum atomic E-state index is -0.348. The maximum absolute atomic E-state index is 12.6. The lowest BCUT2D eigenvalue weighted by molar-refractivity contribution is -0.163. The lowest BCUT2D eigenvalue weighted by Gasteiger charge is -2.51. The summed E-state index contributed by atoms with van der Waals surface area (Å²) in [7, 11) is 0. The summed E-state index contributed by atoms with van der Waals surface area (Å²) < 4.78 is 0. The van der Waals surface area contributed by atoms with Gasteiger partial charge in [-0.05, 0) is 36.8 Å². The first-order chi connectivity index (χ1) is 11.2. The summed E-state index contributed by atoms with van der Waals surface area (Å²) in [6.45, 7) is 2.87. The first-order valence-electron chi connectivity index (χ1n) is 8.72. The van der Waals surface area contributed by atoms with Gasteiger partial charge in [0.05, 0.1) is 12.1 Å². The summed E-state index contributed by atoms with van der Waals surface area (Å²) in [5, 5.41) is 11.6. The van der Waals surface area contributed by atoms with Crippen molar-refractivity contribution in [2.45, 2.75) is 44.8 Å². The van der Waals surface area contributed by atoms with Crippen LogP contribution in [0.2, 0.25) is 0 Å². The molecular formula is C19H24N2O2. The van der Waals surface area contributed by atoms with Gasteiger partial charge in [-0.15, -0.1) is 0 Å². The molecule has 1 aromatic heterocycles. The summed E-state index contributed by atoms with van der Waals surface area (Å²) in [5.74, 6) is 0.733. The van der Waals surface area contributed by atoms with Crippen LogP contribution >= 0.6 is 0 Å². The van der Waals surface area contributed by atoms with Crippen molar-refractivity contribution in [3.8, 4) is 0 Å². The molecule has 2 bridgehead atoms. The maximum Gasteiger partial charge on any atom is 0.226 e. The van der Waals surface area contributed by atoms with Crippen molar-refractivity contribution >= 4 is 16.8 Å². The van der Waals surface area contributed by atoms with E-state index in [1.54, 1.807) is 0 Å². The third-order valence-electron chi connectivity index (χ3n) is 5.80. The Balaban J connectivity index is 1.55. The van der Waals surface area contributed by atoms with Gasteiger partial charge in [0.25, 0.3) is 0 Å². The highest BCUT2D eigenvalue weighted by atomic mass is 16.3. The predicted molar refractivity (Wildman–Crippen MR) is 90.0 cm³/mol. The van der Waals surface area contributed by atoms with Gasteiger partial charge in [0, 0.05) is 29.6 Å². The normalized spacial score (nSPS) is 30.3. The van der Waals surface area contributed by atoms with Crippen LogP contribution in [-0.4, -0.2) is 39.6 Å². The molecule has 4 atom stereocenters. The van der Waals surface area contributed by atoms with Gasteiger partial charge in [-0.1, -0.05) is 31.5 Å². The van der Waals surface area contributed by atoms with Crippen molar-refractivity contribution in [1.29, 1.82) is 0 Å². The predicted octanol–water partition coefficient (Wildman–Crippen LogP) is 2.72. The number of hydrogen-bond donors (Lipinski definition) is 2. The molecular weight excluding hydrogens is 288 g/mol. The van der Waals surface area contributed by atoms with Crippen LogP contribution in [0.25, 0.3) is 10.9 Å². The number of para-hydroxylation sites is 1. The van der Waals surface area contributed by atoms with Crippen molar-refractivity contribution < 1.29 is 9.90 Å². The number of nitrogens with one attached hydrogen (secondary N) is 1. The number of aromatic nitrogens is 1. The number of aromatic amines is 1. The molecule has 5 rings (SSSR count). The molecule has 1 saturated carbocycles. The van der Waals surface area contributed by atoms with E-state index in [2.05, 4.69) is 24.0 Å². The SMILES string of the molecule is CC[C@H]1C[C@H]2CC(O)[C@@H]1N(CCc1c[nH]c3ccccc13)C2=O. The maximum atomic E-state index is 12.6. The van der Waals surface area contributed by atoms with Gasteiger partial charge >= 0.3 is 0 Å². The fraction of sp³-hybridized carbons (Fsp3) is 0.526. The molecule has 4 nitrogen and oxygen atoms in total. The topological polar surface area (TPSA) is 56.3 Å². The van der Waals surface area contributed by atoms with E-state index in [0.717, 1.165) is 24.8 Å². The largest absolute Gasteiger partial charge is 0.391 e. The molecule has 1 aromatic carbocycles. The van der Waals surface area contributed by atoms with Crippen LogP contribution in [0.3, 0.4) is 0 Å². The number of amides is 1. The Morgan fingerprint density at radius 1 is 1.30 bits per heavy atom. The van der Waals surface area contributed by atoms with Gasteiger partial charge in [0.1, 0.15) is 0 Å². The highest BCUT2D eigenvalue weighted by molar-refractivity contribution is 5.83. The smallest absolute Gasteiger partial charge is 0.226 e. The van der Waals surface area contributed by atoms with E-state index in [1.807, 2.05) is 23.2 Å². The minimum absolute atomic E-state index is 0.0164. The zero-order chi connectivity index (χ0) is 16.0. The van der Waals surface area contributed by atoms with Crippen molar-refractivity contribution in [1.82, 2.24) is 9.88 Å². The van der Waals surface area contributed by atoms with Crippen molar-refractivity contribution in [2.24, 2.45) is 11.8 Å². The monoisotopic (exact) mass is 312 g/mol. The number of H-pyrrole nitrogens is 1. The summed E-state index contributed by atoms with van der Waals surface area (Å²) in [5.41, 5.74) is 2.39. The van der Waals surface area contributed by atoms with Crippen LogP contribution in [-0.2, 0) is 11.2 Å². The van der Waals surface area contributed by atoms with E-state index in [-0.39, 0.29) is 24.0 Å². The molecule has 3 fully saturated rings. The fourth-order valence-corrected chi connectivity index (χ4v) is 4.64. The van der Waals surface area contributed by atoms with Gasteiger partial charge in [-0.2, -0.15) is 0 Å². The molecule has 0 radical (unpaired) electrons. The fourth-order valence-electron chi connectivity index (χ4n) is 4.64. The van der Waals surface area contributed by atoms with Crippen LogP contribution in [0.4, 0.5) is 0 Å². The Kier molecular flexibility index (Phi) is 3.64. The molecule has 3 heterocycles. The molecule has 2 aromatic rings. The van der Waals surface area contributed by atoms with Crippen molar-refractivity contribution in [3.63, 3.8) is 0 Å². The van der Waals surface area contributed by atoms with E-state index in [0.29, 0.717) is 18.9 Å². The lowest BCUT2D eigenvalue weighted by Crippen LogP contribution is -2.63. The van der Waals surface area contributed by atoms with Gasteiger partial charge < -0.3 is 15.0 Å². The number of rotatable bonds is 4. The zero-order valence-electron chi connectivity index (χ0n) is 13.5. The van der Waals surface area contributed by atoms with E-state index >= 15 is 0 Å². The number of nitrogens with zero attached hydrogens (tertiary/aromatic N) is 1. The van der Waals surface area contributed by atoms with Crippen molar-refractivity contribution in [3.05, 3.63) is 36.0 Å². The quantitative estimate of drug-likeness (QED) is 0.912. The number of fused-ring (bicyclic) bond motifs is 4. The third-order valence-corrected chi connectivity index (χ3v) is 5.80. The molecule has 1 aliphatic carbocycles. The second kappa shape index (κ2) is 5.68. The Morgan fingerprint density at radius 2 is 2.13 bits per heavy atom. The molecule has 0 spiro atoms. The average molecular weight is 312 g/mol. The molecule has 4 heteroatoms. The molecule has 23 heavy (non-hydrogen) atoms. The number of carbonyl (C=O) groups is 1. The minimum Gasteiger partial charge on any atom is -0.391 e. The van der Waals surface area contributed by atoms with Gasteiger partial charge in [-0.3, -0.25) is 4.79 Å². The Labute approximate surface area is 136 Å². The van der Waals surface area contributed by atoms with E-state index < -0.39 is 0 Å². The van der Waals surface area contributed by atoms with E-state index in [9.17, 15) is 9.90 Å². The van der Waals surface area contributed by atoms with Crippen molar-refractivity contribution in [2.75, 3.05) is 6.54 Å². The molecule has 1 amide bonds. The Morgan fingerprint density at radius 3 is 2.96 bits per heavy atom. The first-order valence-corrected chi connectivity index (χ1v) is 8.72. The highest BCUT2D eigenvalue weighted by Gasteiger charge is 2.49. The molecule has 3 aliphatic rings. The van der Waals surface area contributed by atoms with Gasteiger partial charge in [0.15, 0.2) is 0 Å². The van der Waals surface area contributed by atoms with Gasteiger partial charge in [0.2, 0.25) is 5.91 Å². The number of carbonyl (C=O) groups excluding carboxylic acids is 1. The van der Waals surface area contributed by atoms with Crippen LogP contribution in [0.15, 0.2) is 30.5 Å². The van der Waals surface area contributed by atoms with Crippen LogP contribution in [0, 0.1) is 11.8 Å². The van der Waals surface area contributed by atoms with Crippen LogP contribution in [0.1, 0.15) is 31.7 Å². The van der Waals surface area contributed by atoms with E-state index in [4.69, 9.17) is 0 Å². The average Bonchev–Trinajstić information content (AvgIpc) is 2.98. The number of piperidine rings is 2. The lowest BCUT2D eigenvalue weighted by atomic mass is 9.69. The van der Waals surface area contributed by atoms with Gasteiger partial charge in [-0.25, -0.2) is 0 Å². The second-order valence-corrected chi connectivity index (χ2v) is 7.04. The Hall–Kier alpha value is -1.81. The molecule has 2 N–H and O–H groups in total. The van der Waals surface area contributed by atoms with E-state index in [1.165, 1.54) is 10.9 Å². The number of benzene rings is 1. The molecule has 1 unspecified atom stereocenters. The molecule has 2 aliphatic heterocycles. The van der Waals surface area contributed by atoms with Crippen LogP contribution in [0.5, 0.6) is 0 Å². The first kappa shape index (κ1) is 14.8. The third kappa shape index (κ3) is 2.36. The summed E-state index contributed by atoms with van der Waals surface area (Å²) in [6, 6.07) is 8.28. The summed E-state index contributed by atoms with van der Waals surface area (Å²) in [6.07, 6.45) is 5.19. The molecule has 122 valence electrons. The zero-order valence-corrected chi connectivity index (χ0v) is 13.5. The summed E-state index contributed by atoms with van der Waals surface area (Å²) in [4.78, 5) is 17.9. The Bertz CT molecular complexity index is 723. The standard InChI is InChI=1S/C19H24N2O2/c1-2-12-9-14-10-17(22)18(12)21(19(14)23)8-7-13-11-20-16-6-4-3-5-15(13)16/h3-6,11-12,14,17-18,20,22H,2,7-10H2,1H3/t12-,14-,17?,18+/m0/s1. The number of hydrogen-bond acceptors (Lipinski definition) is 2. The van der Waals surface area contributed by atoms with Crippen LogP contribution < -0.4 is 0 Å². The number of aliphatic hydroxyl groups excluding tert-OH is 1. The highest BCUT2D eigenvalue weighted by Crippen LogP contribution is 2.41. The number of aliphatic hydroxyl groups is 1. The second-order valence-electron chi connectivity index (χ2n) is 7.04.